The van der Waals surface area contributed by atoms with E-state index in [0.29, 0.717) is 5.56 Å². The van der Waals surface area contributed by atoms with Crippen molar-refractivity contribution in [3.63, 3.8) is 0 Å². The zero-order valence-electron chi connectivity index (χ0n) is 10.3. The topological polar surface area (TPSA) is 72.5 Å². The van der Waals surface area contributed by atoms with E-state index in [-0.39, 0.29) is 23.8 Å². The summed E-state index contributed by atoms with van der Waals surface area (Å²) in [7, 11) is -3.81. The van der Waals surface area contributed by atoms with Gasteiger partial charge in [0, 0.05) is 6.54 Å². The molecule has 0 spiro atoms. The van der Waals surface area contributed by atoms with Crippen LogP contribution in [0.5, 0.6) is 0 Å². The van der Waals surface area contributed by atoms with Gasteiger partial charge < -0.3 is 5.32 Å². The van der Waals surface area contributed by atoms with Crippen molar-refractivity contribution in [2.24, 2.45) is 0 Å². The van der Waals surface area contributed by atoms with Gasteiger partial charge in [-0.25, -0.2) is 0 Å². The Kier molecular flexibility index (Phi) is 3.41. The molecule has 1 aromatic rings. The predicted molar refractivity (Wildman–Crippen MR) is 65.6 cm³/mol. The summed E-state index contributed by atoms with van der Waals surface area (Å²) in [5.41, 5.74) is 1.64. The first-order valence-corrected chi connectivity index (χ1v) is 7.06. The molecule has 0 bridgehead atoms. The van der Waals surface area contributed by atoms with E-state index in [1.54, 1.807) is 19.1 Å². The number of carbonyl (C=O) groups excluding carboxylic acids is 1. The second-order valence-corrected chi connectivity index (χ2v) is 5.99. The standard InChI is InChI=1S/C12H15NO4S/c1-8-3-4-11(9(2)5-8)18(15,16)17-10-6-12(14)13-7-10/h3-5,10H,6-7H2,1-2H3,(H,13,14). The highest BCUT2D eigenvalue weighted by atomic mass is 32.2. The van der Waals surface area contributed by atoms with E-state index < -0.39 is 16.2 Å². The molecule has 0 aromatic heterocycles. The van der Waals surface area contributed by atoms with Crippen LogP contribution in [0.1, 0.15) is 17.5 Å². The summed E-state index contributed by atoms with van der Waals surface area (Å²) in [5, 5.41) is 2.54. The zero-order chi connectivity index (χ0) is 13.3. The maximum absolute atomic E-state index is 12.1. The van der Waals surface area contributed by atoms with Crippen LogP contribution < -0.4 is 5.32 Å². The van der Waals surface area contributed by atoms with Crippen molar-refractivity contribution >= 4 is 16.0 Å². The smallest absolute Gasteiger partial charge is 0.297 e. The Hall–Kier alpha value is -1.40. The van der Waals surface area contributed by atoms with Crippen molar-refractivity contribution in [3.05, 3.63) is 29.3 Å². The van der Waals surface area contributed by atoms with E-state index in [1.807, 2.05) is 6.92 Å². The Morgan fingerprint density at radius 2 is 2.06 bits per heavy atom. The molecule has 1 aliphatic heterocycles. The van der Waals surface area contributed by atoms with E-state index in [0.717, 1.165) is 5.56 Å². The van der Waals surface area contributed by atoms with Gasteiger partial charge in [-0.05, 0) is 25.5 Å². The van der Waals surface area contributed by atoms with Crippen LogP contribution in [0, 0.1) is 13.8 Å². The van der Waals surface area contributed by atoms with Gasteiger partial charge in [-0.15, -0.1) is 0 Å². The van der Waals surface area contributed by atoms with E-state index in [1.165, 1.54) is 6.07 Å². The Balaban J connectivity index is 2.23. The van der Waals surface area contributed by atoms with Gasteiger partial charge in [0.05, 0.1) is 11.3 Å². The SMILES string of the molecule is Cc1ccc(S(=O)(=O)OC2CNC(=O)C2)c(C)c1. The average molecular weight is 269 g/mol. The lowest BCUT2D eigenvalue weighted by Gasteiger charge is -2.12. The molecule has 1 unspecified atom stereocenters. The summed E-state index contributed by atoms with van der Waals surface area (Å²) >= 11 is 0. The molecule has 0 saturated carbocycles. The number of benzene rings is 1. The number of aryl methyl sites for hydroxylation is 2. The lowest BCUT2D eigenvalue weighted by molar-refractivity contribution is -0.119. The molecule has 0 aliphatic carbocycles. The first-order chi connectivity index (χ1) is 8.38. The number of hydrogen-bond donors (Lipinski definition) is 1. The van der Waals surface area contributed by atoms with Gasteiger partial charge in [-0.2, -0.15) is 8.42 Å². The first kappa shape index (κ1) is 13.0. The number of amides is 1. The van der Waals surface area contributed by atoms with E-state index in [9.17, 15) is 13.2 Å². The van der Waals surface area contributed by atoms with Crippen LogP contribution in [0.4, 0.5) is 0 Å². The summed E-state index contributed by atoms with van der Waals surface area (Å²) < 4.78 is 29.2. The Morgan fingerprint density at radius 3 is 2.61 bits per heavy atom. The molecule has 1 saturated heterocycles. The van der Waals surface area contributed by atoms with Crippen LogP contribution in [0.15, 0.2) is 23.1 Å². The van der Waals surface area contributed by atoms with Crippen molar-refractivity contribution in [2.45, 2.75) is 31.3 Å². The summed E-state index contributed by atoms with van der Waals surface area (Å²) in [6.07, 6.45) is -0.521. The molecule has 18 heavy (non-hydrogen) atoms. The molecular weight excluding hydrogens is 254 g/mol. The Bertz CT molecular complexity index is 580. The van der Waals surface area contributed by atoms with Gasteiger partial charge in [0.1, 0.15) is 6.10 Å². The average Bonchev–Trinajstić information content (AvgIpc) is 2.62. The third-order valence-electron chi connectivity index (χ3n) is 2.80. The van der Waals surface area contributed by atoms with Crippen molar-refractivity contribution in [1.29, 1.82) is 0 Å². The second-order valence-electron chi connectivity index (χ2n) is 4.45. The van der Waals surface area contributed by atoms with Crippen molar-refractivity contribution < 1.29 is 17.4 Å². The molecule has 1 heterocycles. The third-order valence-corrected chi connectivity index (χ3v) is 4.32. The molecule has 1 aliphatic rings. The molecule has 98 valence electrons. The van der Waals surface area contributed by atoms with Crippen LogP contribution in [-0.2, 0) is 19.1 Å². The summed E-state index contributed by atoms with van der Waals surface area (Å²) in [6, 6.07) is 5.04. The van der Waals surface area contributed by atoms with Gasteiger partial charge in [0.25, 0.3) is 10.1 Å². The molecule has 5 nitrogen and oxygen atoms in total. The fourth-order valence-corrected chi connectivity index (χ4v) is 3.24. The van der Waals surface area contributed by atoms with Gasteiger partial charge in [0.15, 0.2) is 0 Å². The van der Waals surface area contributed by atoms with Crippen molar-refractivity contribution in [2.75, 3.05) is 6.54 Å². The van der Waals surface area contributed by atoms with E-state index in [4.69, 9.17) is 4.18 Å². The van der Waals surface area contributed by atoms with Gasteiger partial charge >= 0.3 is 0 Å². The van der Waals surface area contributed by atoms with E-state index >= 15 is 0 Å². The lowest BCUT2D eigenvalue weighted by Crippen LogP contribution is -2.21. The predicted octanol–water partition coefficient (Wildman–Crippen LogP) is 0.897. The van der Waals surface area contributed by atoms with Gasteiger partial charge in [0.2, 0.25) is 5.91 Å². The zero-order valence-corrected chi connectivity index (χ0v) is 11.1. The molecule has 1 atom stereocenters. The van der Waals surface area contributed by atoms with Crippen molar-refractivity contribution in [3.8, 4) is 0 Å². The quantitative estimate of drug-likeness (QED) is 0.827. The minimum atomic E-state index is -3.81. The van der Waals surface area contributed by atoms with Crippen molar-refractivity contribution in [1.82, 2.24) is 5.32 Å². The monoisotopic (exact) mass is 269 g/mol. The summed E-state index contributed by atoms with van der Waals surface area (Å²) in [4.78, 5) is 11.2. The highest BCUT2D eigenvalue weighted by Gasteiger charge is 2.29. The number of hydrogen-bond acceptors (Lipinski definition) is 4. The second kappa shape index (κ2) is 4.70. The van der Waals surface area contributed by atoms with Crippen LogP contribution >= 0.6 is 0 Å². The van der Waals surface area contributed by atoms with Crippen LogP contribution in [0.2, 0.25) is 0 Å². The molecule has 1 amide bonds. The molecule has 1 fully saturated rings. The molecule has 6 heteroatoms. The third kappa shape index (κ3) is 2.70. The minimum absolute atomic E-state index is 0.0874. The molecule has 1 aromatic carbocycles. The highest BCUT2D eigenvalue weighted by molar-refractivity contribution is 7.86. The Labute approximate surface area is 106 Å². The molecule has 1 N–H and O–H groups in total. The summed E-state index contributed by atoms with van der Waals surface area (Å²) in [6.45, 7) is 3.86. The molecular formula is C12H15NO4S. The number of rotatable bonds is 3. The number of carbonyl (C=O) groups is 1. The van der Waals surface area contributed by atoms with Crippen LogP contribution in [0.25, 0.3) is 0 Å². The van der Waals surface area contributed by atoms with E-state index in [2.05, 4.69) is 5.32 Å². The number of nitrogens with one attached hydrogen (secondary N) is 1. The maximum Gasteiger partial charge on any atom is 0.297 e. The van der Waals surface area contributed by atoms with Crippen LogP contribution in [-0.4, -0.2) is 27.0 Å². The minimum Gasteiger partial charge on any atom is -0.353 e. The fraction of sp³-hybridized carbons (Fsp3) is 0.417. The van der Waals surface area contributed by atoms with Gasteiger partial charge in [-0.1, -0.05) is 17.7 Å². The largest absolute Gasteiger partial charge is 0.353 e. The molecule has 2 rings (SSSR count). The highest BCUT2D eigenvalue weighted by Crippen LogP contribution is 2.21. The lowest BCUT2D eigenvalue weighted by atomic mass is 10.2. The summed E-state index contributed by atoms with van der Waals surface area (Å²) in [5.74, 6) is -0.184. The Morgan fingerprint density at radius 1 is 1.33 bits per heavy atom. The molecule has 0 radical (unpaired) electrons. The van der Waals surface area contributed by atoms with Gasteiger partial charge in [-0.3, -0.25) is 8.98 Å². The first-order valence-electron chi connectivity index (χ1n) is 5.66. The maximum atomic E-state index is 12.1. The van der Waals surface area contributed by atoms with Crippen LogP contribution in [0.3, 0.4) is 0 Å². The normalized spacial score (nSPS) is 19.9. The fourth-order valence-electron chi connectivity index (χ4n) is 1.96.